The van der Waals surface area contributed by atoms with E-state index in [0.717, 1.165) is 63.4 Å². The molecule has 5 nitrogen and oxygen atoms in total. The van der Waals surface area contributed by atoms with Gasteiger partial charge in [0.05, 0.1) is 11.4 Å². The second-order valence-electron chi connectivity index (χ2n) is 7.30. The average molecular weight is 346 g/mol. The van der Waals surface area contributed by atoms with Crippen LogP contribution in [0.4, 0.5) is 11.4 Å². The SMILES string of the molecule is O=C(CCC1CCCOC1)Nc1ccccc1N1CCC(CO)CC1. The summed E-state index contributed by atoms with van der Waals surface area (Å²) >= 11 is 0. The fraction of sp³-hybridized carbons (Fsp3) is 0.650. The van der Waals surface area contributed by atoms with Crippen LogP contribution in [0.2, 0.25) is 0 Å². The van der Waals surface area contributed by atoms with Gasteiger partial charge in [-0.2, -0.15) is 0 Å². The van der Waals surface area contributed by atoms with E-state index in [-0.39, 0.29) is 12.5 Å². The van der Waals surface area contributed by atoms with Crippen LogP contribution in [0.15, 0.2) is 24.3 Å². The molecule has 0 bridgehead atoms. The van der Waals surface area contributed by atoms with Crippen molar-refractivity contribution < 1.29 is 14.6 Å². The highest BCUT2D eigenvalue weighted by Gasteiger charge is 2.21. The Bertz CT molecular complexity index is 550. The number of hydrogen-bond acceptors (Lipinski definition) is 4. The first-order valence-corrected chi connectivity index (χ1v) is 9.58. The van der Waals surface area contributed by atoms with Crippen molar-refractivity contribution in [3.05, 3.63) is 24.3 Å². The largest absolute Gasteiger partial charge is 0.396 e. The topological polar surface area (TPSA) is 61.8 Å². The number of carbonyl (C=O) groups is 1. The number of amides is 1. The van der Waals surface area contributed by atoms with Gasteiger partial charge < -0.3 is 20.1 Å². The number of rotatable bonds is 6. The predicted octanol–water partition coefficient (Wildman–Crippen LogP) is 3.04. The summed E-state index contributed by atoms with van der Waals surface area (Å²) in [6, 6.07) is 8.04. The van der Waals surface area contributed by atoms with Crippen molar-refractivity contribution in [2.24, 2.45) is 11.8 Å². The van der Waals surface area contributed by atoms with Gasteiger partial charge in [-0.15, -0.1) is 0 Å². The number of benzene rings is 1. The number of hydrogen-bond donors (Lipinski definition) is 2. The predicted molar refractivity (Wildman–Crippen MR) is 99.9 cm³/mol. The van der Waals surface area contributed by atoms with Gasteiger partial charge in [-0.05, 0) is 56.1 Å². The number of nitrogens with one attached hydrogen (secondary N) is 1. The van der Waals surface area contributed by atoms with Gasteiger partial charge in [0, 0.05) is 39.3 Å². The van der Waals surface area contributed by atoms with Crippen molar-refractivity contribution in [2.75, 3.05) is 43.1 Å². The van der Waals surface area contributed by atoms with E-state index in [9.17, 15) is 9.90 Å². The van der Waals surface area contributed by atoms with E-state index in [1.54, 1.807) is 0 Å². The summed E-state index contributed by atoms with van der Waals surface area (Å²) in [7, 11) is 0. The zero-order chi connectivity index (χ0) is 17.5. The first-order chi connectivity index (χ1) is 12.3. The summed E-state index contributed by atoms with van der Waals surface area (Å²) in [5.74, 6) is 1.02. The van der Waals surface area contributed by atoms with Crippen molar-refractivity contribution in [2.45, 2.75) is 38.5 Å². The number of anilines is 2. The zero-order valence-corrected chi connectivity index (χ0v) is 15.0. The van der Waals surface area contributed by atoms with Crippen LogP contribution in [0.25, 0.3) is 0 Å². The van der Waals surface area contributed by atoms with E-state index in [4.69, 9.17) is 4.74 Å². The molecule has 25 heavy (non-hydrogen) atoms. The second-order valence-corrected chi connectivity index (χ2v) is 7.30. The molecule has 2 fully saturated rings. The zero-order valence-electron chi connectivity index (χ0n) is 15.0. The molecule has 1 amide bonds. The molecule has 2 saturated heterocycles. The van der Waals surface area contributed by atoms with E-state index < -0.39 is 0 Å². The number of aliphatic hydroxyl groups is 1. The highest BCUT2D eigenvalue weighted by Crippen LogP contribution is 2.30. The van der Waals surface area contributed by atoms with Gasteiger partial charge in [0.2, 0.25) is 5.91 Å². The van der Waals surface area contributed by atoms with Crippen LogP contribution in [0.1, 0.15) is 38.5 Å². The molecule has 0 aromatic heterocycles. The fourth-order valence-corrected chi connectivity index (χ4v) is 3.79. The first-order valence-electron chi connectivity index (χ1n) is 9.58. The third-order valence-electron chi connectivity index (χ3n) is 5.43. The van der Waals surface area contributed by atoms with Crippen LogP contribution < -0.4 is 10.2 Å². The van der Waals surface area contributed by atoms with Crippen LogP contribution in [-0.2, 0) is 9.53 Å². The van der Waals surface area contributed by atoms with E-state index in [2.05, 4.69) is 16.3 Å². The van der Waals surface area contributed by atoms with Crippen molar-refractivity contribution in [3.8, 4) is 0 Å². The Morgan fingerprint density at radius 3 is 2.72 bits per heavy atom. The standard InChI is InChI=1S/C20H30N2O3/c23-14-16-9-11-22(12-10-16)19-6-2-1-5-18(19)21-20(24)8-7-17-4-3-13-25-15-17/h1-2,5-6,16-17,23H,3-4,7-15H2,(H,21,24). The van der Waals surface area contributed by atoms with Crippen LogP contribution >= 0.6 is 0 Å². The minimum atomic E-state index is 0.0864. The minimum absolute atomic E-state index is 0.0864. The van der Waals surface area contributed by atoms with Crippen molar-refractivity contribution in [3.63, 3.8) is 0 Å². The van der Waals surface area contributed by atoms with E-state index in [0.29, 0.717) is 18.3 Å². The first kappa shape index (κ1) is 18.2. The third-order valence-corrected chi connectivity index (χ3v) is 5.43. The maximum absolute atomic E-state index is 12.4. The van der Waals surface area contributed by atoms with Gasteiger partial charge in [-0.3, -0.25) is 4.79 Å². The highest BCUT2D eigenvalue weighted by molar-refractivity contribution is 5.94. The Labute approximate surface area is 150 Å². The molecule has 2 heterocycles. The summed E-state index contributed by atoms with van der Waals surface area (Å²) in [6.45, 7) is 3.79. The summed E-state index contributed by atoms with van der Waals surface area (Å²) in [4.78, 5) is 14.7. The number of para-hydroxylation sites is 2. The van der Waals surface area contributed by atoms with Gasteiger partial charge >= 0.3 is 0 Å². The summed E-state index contributed by atoms with van der Waals surface area (Å²) < 4.78 is 5.49. The monoisotopic (exact) mass is 346 g/mol. The molecular weight excluding hydrogens is 316 g/mol. The molecule has 2 N–H and O–H groups in total. The normalized spacial score (nSPS) is 22.0. The molecule has 1 unspecified atom stereocenters. The lowest BCUT2D eigenvalue weighted by Gasteiger charge is -2.34. The molecule has 2 aliphatic rings. The van der Waals surface area contributed by atoms with E-state index >= 15 is 0 Å². The minimum Gasteiger partial charge on any atom is -0.396 e. The molecule has 5 heteroatoms. The van der Waals surface area contributed by atoms with Crippen LogP contribution in [-0.4, -0.2) is 43.9 Å². The lowest BCUT2D eigenvalue weighted by Crippen LogP contribution is -2.35. The van der Waals surface area contributed by atoms with Gasteiger partial charge in [-0.1, -0.05) is 12.1 Å². The quantitative estimate of drug-likeness (QED) is 0.831. The summed E-state index contributed by atoms with van der Waals surface area (Å²) in [6.07, 6.45) is 5.73. The Kier molecular flexibility index (Phi) is 6.70. The lowest BCUT2D eigenvalue weighted by molar-refractivity contribution is -0.116. The summed E-state index contributed by atoms with van der Waals surface area (Å²) in [5, 5.41) is 12.4. The molecule has 0 saturated carbocycles. The molecule has 1 aromatic rings. The van der Waals surface area contributed by atoms with E-state index in [1.165, 1.54) is 6.42 Å². The number of nitrogens with zero attached hydrogens (tertiary/aromatic N) is 1. The summed E-state index contributed by atoms with van der Waals surface area (Å²) in [5.41, 5.74) is 1.99. The molecule has 3 rings (SSSR count). The number of aliphatic hydroxyl groups excluding tert-OH is 1. The van der Waals surface area contributed by atoms with Gasteiger partial charge in [-0.25, -0.2) is 0 Å². The number of ether oxygens (including phenoxy) is 1. The Morgan fingerprint density at radius 2 is 2.00 bits per heavy atom. The van der Waals surface area contributed by atoms with E-state index in [1.807, 2.05) is 18.2 Å². The van der Waals surface area contributed by atoms with Crippen molar-refractivity contribution in [1.29, 1.82) is 0 Å². The molecule has 1 atom stereocenters. The highest BCUT2D eigenvalue weighted by atomic mass is 16.5. The molecule has 0 aliphatic carbocycles. The molecule has 2 aliphatic heterocycles. The van der Waals surface area contributed by atoms with Gasteiger partial charge in [0.25, 0.3) is 0 Å². The van der Waals surface area contributed by atoms with Crippen molar-refractivity contribution in [1.82, 2.24) is 0 Å². The Hall–Kier alpha value is -1.59. The molecule has 0 spiro atoms. The average Bonchev–Trinajstić information content (AvgIpc) is 2.68. The maximum Gasteiger partial charge on any atom is 0.224 e. The smallest absolute Gasteiger partial charge is 0.224 e. The maximum atomic E-state index is 12.4. The Morgan fingerprint density at radius 1 is 1.20 bits per heavy atom. The van der Waals surface area contributed by atoms with Gasteiger partial charge in [0.15, 0.2) is 0 Å². The van der Waals surface area contributed by atoms with Crippen LogP contribution in [0, 0.1) is 11.8 Å². The van der Waals surface area contributed by atoms with Gasteiger partial charge in [0.1, 0.15) is 0 Å². The van der Waals surface area contributed by atoms with Crippen LogP contribution in [0.3, 0.4) is 0 Å². The second kappa shape index (κ2) is 9.20. The molecule has 1 aromatic carbocycles. The van der Waals surface area contributed by atoms with Crippen molar-refractivity contribution >= 4 is 17.3 Å². The molecular formula is C20H30N2O3. The number of carbonyl (C=O) groups excluding carboxylic acids is 1. The Balaban J connectivity index is 1.54. The fourth-order valence-electron chi connectivity index (χ4n) is 3.79. The lowest BCUT2D eigenvalue weighted by atomic mass is 9.96. The molecule has 138 valence electrons. The number of piperidine rings is 1. The van der Waals surface area contributed by atoms with Crippen LogP contribution in [0.5, 0.6) is 0 Å². The molecule has 0 radical (unpaired) electrons. The third kappa shape index (κ3) is 5.19.